The van der Waals surface area contributed by atoms with Gasteiger partial charge in [0.1, 0.15) is 22.0 Å². The average Bonchev–Trinajstić information content (AvgIpc) is 3.24. The van der Waals surface area contributed by atoms with Gasteiger partial charge in [0.2, 0.25) is 0 Å². The second-order valence-electron chi connectivity index (χ2n) is 7.77. The molecule has 1 fully saturated rings. The first-order chi connectivity index (χ1) is 16.7. The second kappa shape index (κ2) is 9.82. The summed E-state index contributed by atoms with van der Waals surface area (Å²) >= 11 is 0. The molecular formula is C23H24FN3O7S. The van der Waals surface area contributed by atoms with E-state index in [1.54, 1.807) is 19.1 Å². The number of sulfonamides is 1. The van der Waals surface area contributed by atoms with Crippen LogP contribution in [0.4, 0.5) is 14.9 Å². The molecule has 186 valence electrons. The van der Waals surface area contributed by atoms with Gasteiger partial charge >= 0.3 is 12.0 Å². The number of carbonyl (C=O) groups excluding carboxylic acids is 2. The van der Waals surface area contributed by atoms with E-state index in [0.29, 0.717) is 18.8 Å². The van der Waals surface area contributed by atoms with Gasteiger partial charge in [-0.2, -0.15) is 0 Å². The SMILES string of the molecule is CCOc1ccccc1S(=O)(=O)NC(=O)c1cc2c(F)cc(N3CCC3CNC(=O)OC)cc2o1. The number of fused-ring (bicyclic) bond motifs is 1. The van der Waals surface area contributed by atoms with Crippen molar-refractivity contribution in [3.05, 3.63) is 54.0 Å². The minimum absolute atomic E-state index is 0.0378. The van der Waals surface area contributed by atoms with Crippen molar-refractivity contribution in [1.29, 1.82) is 0 Å². The van der Waals surface area contributed by atoms with Crippen molar-refractivity contribution in [3.63, 3.8) is 0 Å². The lowest BCUT2D eigenvalue weighted by Crippen LogP contribution is -2.53. The number of anilines is 1. The van der Waals surface area contributed by atoms with Crippen LogP contribution < -0.4 is 19.7 Å². The van der Waals surface area contributed by atoms with Gasteiger partial charge in [0, 0.05) is 37.0 Å². The van der Waals surface area contributed by atoms with E-state index in [0.717, 1.165) is 12.5 Å². The van der Waals surface area contributed by atoms with E-state index in [9.17, 15) is 22.4 Å². The molecule has 0 spiro atoms. The van der Waals surface area contributed by atoms with Gasteiger partial charge in [-0.25, -0.2) is 22.3 Å². The number of nitrogens with one attached hydrogen (secondary N) is 2. The number of furan rings is 1. The van der Waals surface area contributed by atoms with Crippen molar-refractivity contribution in [2.24, 2.45) is 0 Å². The van der Waals surface area contributed by atoms with Crippen LogP contribution in [0.3, 0.4) is 0 Å². The topological polar surface area (TPSA) is 127 Å². The van der Waals surface area contributed by atoms with E-state index in [2.05, 4.69) is 10.1 Å². The predicted octanol–water partition coefficient (Wildman–Crippen LogP) is 3.02. The van der Waals surface area contributed by atoms with Crippen molar-refractivity contribution in [2.75, 3.05) is 31.7 Å². The Hall–Kier alpha value is -3.80. The lowest BCUT2D eigenvalue weighted by atomic mass is 10.0. The van der Waals surface area contributed by atoms with Crippen LogP contribution in [0.2, 0.25) is 0 Å². The third kappa shape index (κ3) is 5.02. The molecule has 0 saturated carbocycles. The summed E-state index contributed by atoms with van der Waals surface area (Å²) in [5.41, 5.74) is 0.598. The molecule has 1 atom stereocenters. The van der Waals surface area contributed by atoms with Gasteiger partial charge in [-0.05, 0) is 31.5 Å². The summed E-state index contributed by atoms with van der Waals surface area (Å²) in [4.78, 5) is 25.7. The Morgan fingerprint density at radius 1 is 1.23 bits per heavy atom. The minimum atomic E-state index is -4.28. The van der Waals surface area contributed by atoms with Gasteiger partial charge in [-0.15, -0.1) is 0 Å². The first-order valence-corrected chi connectivity index (χ1v) is 12.3. The summed E-state index contributed by atoms with van der Waals surface area (Å²) in [5.74, 6) is -1.93. The predicted molar refractivity (Wildman–Crippen MR) is 125 cm³/mol. The Morgan fingerprint density at radius 2 is 2.00 bits per heavy atom. The van der Waals surface area contributed by atoms with Crippen molar-refractivity contribution >= 4 is 38.7 Å². The number of ether oxygens (including phenoxy) is 2. The molecule has 35 heavy (non-hydrogen) atoms. The van der Waals surface area contributed by atoms with Crippen molar-refractivity contribution in [1.82, 2.24) is 10.0 Å². The Kier molecular flexibility index (Phi) is 6.83. The van der Waals surface area contributed by atoms with Crippen LogP contribution in [-0.4, -0.2) is 53.3 Å². The lowest BCUT2D eigenvalue weighted by molar-refractivity contribution is 0.0956. The van der Waals surface area contributed by atoms with Crippen molar-refractivity contribution in [2.45, 2.75) is 24.3 Å². The summed E-state index contributed by atoms with van der Waals surface area (Å²) < 4.78 is 57.7. The van der Waals surface area contributed by atoms with Crippen LogP contribution in [0.25, 0.3) is 11.0 Å². The number of nitrogens with zero attached hydrogens (tertiary/aromatic N) is 1. The third-order valence-electron chi connectivity index (χ3n) is 5.60. The van der Waals surface area contributed by atoms with Gasteiger partial charge in [0.25, 0.3) is 10.0 Å². The molecule has 12 heteroatoms. The molecular weight excluding hydrogens is 481 g/mol. The van der Waals surface area contributed by atoms with Crippen LogP contribution in [0.5, 0.6) is 5.75 Å². The maximum absolute atomic E-state index is 14.8. The molecule has 4 rings (SSSR count). The summed E-state index contributed by atoms with van der Waals surface area (Å²) in [7, 11) is -3.01. The fourth-order valence-corrected chi connectivity index (χ4v) is 4.90. The zero-order valence-electron chi connectivity index (χ0n) is 19.0. The molecule has 1 aliphatic heterocycles. The minimum Gasteiger partial charge on any atom is -0.492 e. The van der Waals surface area contributed by atoms with Crippen LogP contribution >= 0.6 is 0 Å². The smallest absolute Gasteiger partial charge is 0.406 e. The number of hydrogen-bond donors (Lipinski definition) is 2. The second-order valence-corrected chi connectivity index (χ2v) is 9.42. The Bertz CT molecular complexity index is 1370. The molecule has 1 aromatic heterocycles. The molecule has 3 aromatic rings. The van der Waals surface area contributed by atoms with Crippen LogP contribution in [-0.2, 0) is 14.8 Å². The molecule has 1 unspecified atom stereocenters. The highest BCUT2D eigenvalue weighted by Gasteiger charge is 2.30. The molecule has 2 N–H and O–H groups in total. The number of amides is 2. The highest BCUT2D eigenvalue weighted by atomic mass is 32.2. The van der Waals surface area contributed by atoms with E-state index in [4.69, 9.17) is 9.15 Å². The number of carbonyl (C=O) groups is 2. The molecule has 0 bridgehead atoms. The standard InChI is InChI=1S/C23H24FN3O7S/c1-3-33-18-6-4-5-7-21(18)35(30,31)26-22(28)20-12-16-17(24)10-15(11-19(16)34-20)27-9-8-14(27)13-25-23(29)32-2/h4-7,10-12,14H,3,8-9,13H2,1-2H3,(H,25,29)(H,26,28). The third-order valence-corrected chi connectivity index (χ3v) is 6.97. The molecule has 0 radical (unpaired) electrons. The first kappa shape index (κ1) is 24.3. The summed E-state index contributed by atoms with van der Waals surface area (Å²) in [6, 6.07) is 9.87. The zero-order chi connectivity index (χ0) is 25.2. The Balaban J connectivity index is 1.54. The normalized spacial score (nSPS) is 15.4. The molecule has 1 saturated heterocycles. The number of alkyl carbamates (subject to hydrolysis) is 1. The maximum atomic E-state index is 14.8. The van der Waals surface area contributed by atoms with Gasteiger partial charge in [0.15, 0.2) is 5.76 Å². The van der Waals surface area contributed by atoms with E-state index in [-0.39, 0.29) is 40.0 Å². The summed E-state index contributed by atoms with van der Waals surface area (Å²) in [6.45, 7) is 2.91. The fourth-order valence-electron chi connectivity index (χ4n) is 3.80. The molecule has 2 amide bonds. The number of methoxy groups -OCH3 is 1. The molecule has 10 nitrogen and oxygen atoms in total. The number of halogens is 1. The highest BCUT2D eigenvalue weighted by molar-refractivity contribution is 7.90. The van der Waals surface area contributed by atoms with Crippen LogP contribution in [0.1, 0.15) is 23.9 Å². The van der Waals surface area contributed by atoms with Gasteiger partial charge in [0.05, 0.1) is 19.1 Å². The monoisotopic (exact) mass is 505 g/mol. The number of benzene rings is 2. The highest BCUT2D eigenvalue weighted by Crippen LogP contribution is 2.33. The number of hydrogen-bond acceptors (Lipinski definition) is 8. The lowest BCUT2D eigenvalue weighted by Gasteiger charge is -2.42. The van der Waals surface area contributed by atoms with Crippen LogP contribution in [0, 0.1) is 5.82 Å². The fraction of sp³-hybridized carbons (Fsp3) is 0.304. The molecule has 2 heterocycles. The zero-order valence-corrected chi connectivity index (χ0v) is 19.9. The van der Waals surface area contributed by atoms with Gasteiger partial charge < -0.3 is 24.1 Å². The van der Waals surface area contributed by atoms with E-state index in [1.807, 2.05) is 9.62 Å². The summed E-state index contributed by atoms with van der Waals surface area (Å²) in [5, 5.41) is 2.65. The van der Waals surface area contributed by atoms with E-state index >= 15 is 0 Å². The Labute approximate surface area is 201 Å². The summed E-state index contributed by atoms with van der Waals surface area (Å²) in [6.07, 6.45) is 0.232. The van der Waals surface area contributed by atoms with E-state index in [1.165, 1.54) is 31.4 Å². The quantitative estimate of drug-likeness (QED) is 0.478. The first-order valence-electron chi connectivity index (χ1n) is 10.8. The van der Waals surface area contributed by atoms with Gasteiger partial charge in [-0.1, -0.05) is 12.1 Å². The maximum Gasteiger partial charge on any atom is 0.406 e. The average molecular weight is 506 g/mol. The van der Waals surface area contributed by atoms with E-state index < -0.39 is 27.8 Å². The van der Waals surface area contributed by atoms with Crippen LogP contribution in [0.15, 0.2) is 51.8 Å². The molecule has 2 aromatic carbocycles. The molecule has 0 aliphatic carbocycles. The van der Waals surface area contributed by atoms with Crippen molar-refractivity contribution in [3.8, 4) is 5.75 Å². The molecule has 1 aliphatic rings. The number of para-hydroxylation sites is 1. The Morgan fingerprint density at radius 3 is 2.69 bits per heavy atom. The van der Waals surface area contributed by atoms with Crippen molar-refractivity contribution < 1.29 is 36.3 Å². The largest absolute Gasteiger partial charge is 0.492 e. The van der Waals surface area contributed by atoms with Gasteiger partial charge in [-0.3, -0.25) is 4.79 Å². The number of rotatable bonds is 8.